The second kappa shape index (κ2) is 9.08. The van der Waals surface area contributed by atoms with E-state index in [1.807, 2.05) is 0 Å². The first-order chi connectivity index (χ1) is 7.99. The number of hydrogen-bond donors (Lipinski definition) is 1. The largest absolute Gasteiger partial charge is 0.398 e. The van der Waals surface area contributed by atoms with Crippen molar-refractivity contribution < 1.29 is 8.85 Å². The summed E-state index contributed by atoms with van der Waals surface area (Å²) in [7, 11) is 1.71. The van der Waals surface area contributed by atoms with Gasteiger partial charge in [0.1, 0.15) is 0 Å². The highest BCUT2D eigenvalue weighted by atomic mass is 28.4. The minimum atomic E-state index is -1.86. The third-order valence-corrected chi connectivity index (χ3v) is 7.02. The Morgan fingerprint density at radius 2 is 1.71 bits per heavy atom. The van der Waals surface area contributed by atoms with E-state index in [9.17, 15) is 0 Å². The van der Waals surface area contributed by atoms with E-state index >= 15 is 0 Å². The van der Waals surface area contributed by atoms with E-state index < -0.39 is 8.56 Å². The Morgan fingerprint density at radius 1 is 1.12 bits per heavy atom. The van der Waals surface area contributed by atoms with Gasteiger partial charge in [-0.3, -0.25) is 0 Å². The summed E-state index contributed by atoms with van der Waals surface area (Å²) in [5.41, 5.74) is 0. The molecule has 0 aromatic rings. The molecule has 0 aliphatic carbocycles. The quantitative estimate of drug-likeness (QED) is 0.484. The van der Waals surface area contributed by atoms with Crippen molar-refractivity contribution in [3.63, 3.8) is 0 Å². The van der Waals surface area contributed by atoms with Gasteiger partial charge >= 0.3 is 8.56 Å². The Hall–Kier alpha value is 0.0969. The van der Waals surface area contributed by atoms with Crippen molar-refractivity contribution in [2.45, 2.75) is 58.7 Å². The smallest absolute Gasteiger partial charge is 0.337 e. The molecular weight excluding hydrogens is 230 g/mol. The number of rotatable bonds is 10. The van der Waals surface area contributed by atoms with Crippen LogP contribution in [0.15, 0.2) is 0 Å². The van der Waals surface area contributed by atoms with Crippen LogP contribution in [-0.2, 0) is 8.85 Å². The minimum absolute atomic E-state index is 0.609. The Balaban J connectivity index is 3.75. The zero-order valence-corrected chi connectivity index (χ0v) is 13.5. The summed E-state index contributed by atoms with van der Waals surface area (Å²) in [5, 5.41) is 3.57. The molecule has 0 aliphatic heterocycles. The number of hydrogen-bond acceptors (Lipinski definition) is 3. The van der Waals surface area contributed by atoms with Crippen molar-refractivity contribution in [3.05, 3.63) is 0 Å². The van der Waals surface area contributed by atoms with E-state index in [0.717, 1.165) is 31.0 Å². The lowest BCUT2D eigenvalue weighted by Gasteiger charge is -2.26. The molecule has 3 nitrogen and oxygen atoms in total. The van der Waals surface area contributed by atoms with E-state index in [4.69, 9.17) is 8.85 Å². The molecule has 104 valence electrons. The predicted octanol–water partition coefficient (Wildman–Crippen LogP) is 3.16. The monoisotopic (exact) mass is 261 g/mol. The third-order valence-electron chi connectivity index (χ3n) is 3.33. The molecule has 0 bridgehead atoms. The Labute approximate surface area is 109 Å². The average Bonchev–Trinajstić information content (AvgIpc) is 2.29. The highest BCUT2D eigenvalue weighted by Gasteiger charge is 2.32. The van der Waals surface area contributed by atoms with Crippen LogP contribution in [0.5, 0.6) is 0 Å². The summed E-state index contributed by atoms with van der Waals surface area (Å²) in [5.74, 6) is 0.763. The maximum Gasteiger partial charge on any atom is 0.337 e. The Bertz CT molecular complexity index is 176. The third kappa shape index (κ3) is 7.19. The van der Waals surface area contributed by atoms with Gasteiger partial charge in [-0.1, -0.05) is 20.8 Å². The lowest BCUT2D eigenvalue weighted by Crippen LogP contribution is -2.40. The van der Waals surface area contributed by atoms with Gasteiger partial charge in [0.05, 0.1) is 0 Å². The van der Waals surface area contributed by atoms with Crippen LogP contribution in [0.4, 0.5) is 0 Å². The fourth-order valence-electron chi connectivity index (χ4n) is 2.25. The first-order valence-corrected chi connectivity index (χ1v) is 9.06. The highest BCUT2D eigenvalue weighted by Crippen LogP contribution is 2.18. The van der Waals surface area contributed by atoms with E-state index in [-0.39, 0.29) is 0 Å². The molecule has 0 fully saturated rings. The van der Waals surface area contributed by atoms with E-state index in [1.165, 1.54) is 6.42 Å². The van der Waals surface area contributed by atoms with Gasteiger partial charge < -0.3 is 14.2 Å². The molecule has 1 N–H and O–H groups in total. The minimum Gasteiger partial charge on any atom is -0.398 e. The molecule has 0 radical (unpaired) electrons. The summed E-state index contributed by atoms with van der Waals surface area (Å²) in [6.45, 7) is 10.0. The summed E-state index contributed by atoms with van der Waals surface area (Å²) >= 11 is 0. The summed E-state index contributed by atoms with van der Waals surface area (Å²) in [4.78, 5) is 0. The molecular formula is C13H31NO2Si. The normalized spacial score (nSPS) is 14.3. The van der Waals surface area contributed by atoms with Gasteiger partial charge in [0.15, 0.2) is 0 Å². The first-order valence-electron chi connectivity index (χ1n) is 6.83. The molecule has 4 heteroatoms. The fourth-order valence-corrected chi connectivity index (χ4v) is 4.47. The van der Waals surface area contributed by atoms with Crippen LogP contribution in [0.1, 0.15) is 40.5 Å². The standard InChI is InChI=1S/C13H31NO2Si/c1-7-17(15-5,16-6)10-8-9-14-13(4)11-12(2)3/h12-14H,7-11H2,1-6H3. The van der Waals surface area contributed by atoms with Gasteiger partial charge in [-0.25, -0.2) is 0 Å². The topological polar surface area (TPSA) is 30.5 Å². The lowest BCUT2D eigenvalue weighted by atomic mass is 10.1. The van der Waals surface area contributed by atoms with Gasteiger partial charge in [-0.15, -0.1) is 0 Å². The van der Waals surface area contributed by atoms with Crippen LogP contribution in [-0.4, -0.2) is 35.4 Å². The molecule has 1 atom stereocenters. The first kappa shape index (κ1) is 17.1. The van der Waals surface area contributed by atoms with Crippen molar-refractivity contribution in [1.29, 1.82) is 0 Å². The lowest BCUT2D eigenvalue weighted by molar-refractivity contribution is 0.241. The molecule has 0 aromatic carbocycles. The predicted molar refractivity (Wildman–Crippen MR) is 76.6 cm³/mol. The van der Waals surface area contributed by atoms with E-state index in [1.54, 1.807) is 14.2 Å². The van der Waals surface area contributed by atoms with E-state index in [0.29, 0.717) is 6.04 Å². The van der Waals surface area contributed by atoms with Crippen LogP contribution in [0.2, 0.25) is 12.1 Å². The van der Waals surface area contributed by atoms with Crippen molar-refractivity contribution >= 4 is 8.56 Å². The zero-order chi connectivity index (χ0) is 13.3. The van der Waals surface area contributed by atoms with Crippen LogP contribution in [0, 0.1) is 5.92 Å². The van der Waals surface area contributed by atoms with Crippen LogP contribution < -0.4 is 5.32 Å². The summed E-state index contributed by atoms with van der Waals surface area (Å²) < 4.78 is 11.2. The molecule has 17 heavy (non-hydrogen) atoms. The average molecular weight is 261 g/mol. The summed E-state index contributed by atoms with van der Waals surface area (Å²) in [6.07, 6.45) is 2.38. The molecule has 0 saturated carbocycles. The van der Waals surface area contributed by atoms with Gasteiger partial charge in [-0.05, 0) is 44.3 Å². The maximum atomic E-state index is 5.60. The summed E-state index contributed by atoms with van der Waals surface area (Å²) in [6, 6.07) is 2.72. The Kier molecular flexibility index (Phi) is 9.14. The molecule has 0 heterocycles. The molecule has 0 aromatic heterocycles. The van der Waals surface area contributed by atoms with Crippen LogP contribution in [0.25, 0.3) is 0 Å². The van der Waals surface area contributed by atoms with Crippen LogP contribution >= 0.6 is 0 Å². The van der Waals surface area contributed by atoms with Crippen LogP contribution in [0.3, 0.4) is 0 Å². The van der Waals surface area contributed by atoms with Gasteiger partial charge in [-0.2, -0.15) is 0 Å². The molecule has 0 amide bonds. The fraction of sp³-hybridized carbons (Fsp3) is 1.00. The van der Waals surface area contributed by atoms with Gasteiger partial charge in [0.2, 0.25) is 0 Å². The molecule has 1 unspecified atom stereocenters. The van der Waals surface area contributed by atoms with Gasteiger partial charge in [0, 0.05) is 20.3 Å². The number of nitrogens with one attached hydrogen (secondary N) is 1. The zero-order valence-electron chi connectivity index (χ0n) is 12.5. The molecule has 0 aliphatic rings. The molecule has 0 spiro atoms. The maximum absolute atomic E-state index is 5.60. The van der Waals surface area contributed by atoms with Crippen molar-refractivity contribution in [1.82, 2.24) is 5.32 Å². The Morgan fingerprint density at radius 3 is 2.12 bits per heavy atom. The molecule has 0 saturated heterocycles. The van der Waals surface area contributed by atoms with Gasteiger partial charge in [0.25, 0.3) is 0 Å². The SMILES string of the molecule is CC[Si](CCCNC(C)CC(C)C)(OC)OC. The second-order valence-electron chi connectivity index (χ2n) is 5.26. The second-order valence-corrected chi connectivity index (χ2v) is 9.11. The highest BCUT2D eigenvalue weighted by molar-refractivity contribution is 6.67. The van der Waals surface area contributed by atoms with Crippen molar-refractivity contribution in [3.8, 4) is 0 Å². The van der Waals surface area contributed by atoms with Crippen molar-refractivity contribution in [2.75, 3.05) is 20.8 Å². The van der Waals surface area contributed by atoms with E-state index in [2.05, 4.69) is 33.0 Å². The molecule has 0 rings (SSSR count). The van der Waals surface area contributed by atoms with Crippen molar-refractivity contribution in [2.24, 2.45) is 5.92 Å².